The van der Waals surface area contributed by atoms with Gasteiger partial charge in [-0.05, 0) is 24.7 Å². The van der Waals surface area contributed by atoms with Gasteiger partial charge in [-0.1, -0.05) is 42.8 Å². The third-order valence-corrected chi connectivity index (χ3v) is 4.60. The summed E-state index contributed by atoms with van der Waals surface area (Å²) < 4.78 is 0. The van der Waals surface area contributed by atoms with Crippen molar-refractivity contribution in [3.05, 3.63) is 64.7 Å². The second-order valence-corrected chi connectivity index (χ2v) is 6.46. The van der Waals surface area contributed by atoms with Crippen molar-refractivity contribution in [2.75, 3.05) is 11.1 Å². The molecule has 0 heterocycles. The van der Waals surface area contributed by atoms with E-state index in [-0.39, 0.29) is 23.0 Å². The summed E-state index contributed by atoms with van der Waals surface area (Å²) in [7, 11) is 0. The zero-order valence-electron chi connectivity index (χ0n) is 13.7. The highest BCUT2D eigenvalue weighted by Crippen LogP contribution is 2.32. The quantitative estimate of drug-likeness (QED) is 0.522. The van der Waals surface area contributed by atoms with Crippen LogP contribution in [0.25, 0.3) is 0 Å². The Morgan fingerprint density at radius 2 is 1.52 bits per heavy atom. The Morgan fingerprint density at radius 1 is 0.840 bits per heavy atom. The molecule has 0 aliphatic heterocycles. The number of carbonyl (C=O) groups is 3. The van der Waals surface area contributed by atoms with Crippen molar-refractivity contribution in [1.82, 2.24) is 0 Å². The molecule has 0 saturated carbocycles. The zero-order valence-corrected chi connectivity index (χ0v) is 14.6. The number of fused-ring (bicyclic) bond motifs is 2. The number of thiol groups is 1. The molecule has 1 aliphatic carbocycles. The lowest BCUT2D eigenvalue weighted by Crippen LogP contribution is -2.23. The Kier molecular flexibility index (Phi) is 5.34. The van der Waals surface area contributed by atoms with Crippen molar-refractivity contribution >= 4 is 35.8 Å². The topological polar surface area (TPSA) is 63.2 Å². The highest BCUT2D eigenvalue weighted by Gasteiger charge is 2.31. The lowest BCUT2D eigenvalue weighted by atomic mass is 9.83. The molecule has 128 valence electrons. The molecule has 0 bridgehead atoms. The Hall–Kier alpha value is -2.40. The van der Waals surface area contributed by atoms with E-state index in [9.17, 15) is 14.4 Å². The Balaban J connectivity index is 1.86. The number of unbranched alkanes of at least 4 members (excludes halogenated alkanes) is 2. The van der Waals surface area contributed by atoms with E-state index in [4.69, 9.17) is 0 Å². The van der Waals surface area contributed by atoms with Crippen LogP contribution >= 0.6 is 12.6 Å². The number of amides is 1. The van der Waals surface area contributed by atoms with E-state index in [1.54, 1.807) is 42.5 Å². The minimum atomic E-state index is -0.226. The molecule has 1 amide bonds. The number of anilines is 1. The molecule has 2 aromatic carbocycles. The zero-order chi connectivity index (χ0) is 17.8. The van der Waals surface area contributed by atoms with Gasteiger partial charge in [0.05, 0.1) is 11.3 Å². The Bertz CT molecular complexity index is 845. The van der Waals surface area contributed by atoms with Crippen LogP contribution in [0.4, 0.5) is 5.69 Å². The second kappa shape index (κ2) is 7.66. The fraction of sp³-hybridized carbons (Fsp3) is 0.250. The first-order valence-electron chi connectivity index (χ1n) is 8.35. The number of hydrogen-bond donors (Lipinski definition) is 2. The summed E-state index contributed by atoms with van der Waals surface area (Å²) >= 11 is 4.15. The average Bonchev–Trinajstić information content (AvgIpc) is 2.63. The summed E-state index contributed by atoms with van der Waals surface area (Å²) in [4.78, 5) is 37.7. The number of nitrogens with one attached hydrogen (secondary N) is 1. The van der Waals surface area contributed by atoms with Gasteiger partial charge in [0.2, 0.25) is 5.91 Å². The fourth-order valence-electron chi connectivity index (χ4n) is 3.04. The van der Waals surface area contributed by atoms with Crippen molar-refractivity contribution in [3.8, 4) is 0 Å². The van der Waals surface area contributed by atoms with E-state index in [0.29, 0.717) is 28.8 Å². The van der Waals surface area contributed by atoms with Gasteiger partial charge in [-0.25, -0.2) is 0 Å². The maximum Gasteiger partial charge on any atom is 0.224 e. The van der Waals surface area contributed by atoms with Crippen LogP contribution in [0.1, 0.15) is 57.5 Å². The van der Waals surface area contributed by atoms with Crippen LogP contribution in [0.2, 0.25) is 0 Å². The largest absolute Gasteiger partial charge is 0.325 e. The van der Waals surface area contributed by atoms with Crippen LogP contribution in [0, 0.1) is 0 Å². The van der Waals surface area contributed by atoms with Crippen LogP contribution in [0.5, 0.6) is 0 Å². The maximum atomic E-state index is 12.8. The predicted octanol–water partition coefficient (Wildman–Crippen LogP) is 3.89. The summed E-state index contributed by atoms with van der Waals surface area (Å²) in [5.74, 6) is 0.252. The molecule has 3 rings (SSSR count). The van der Waals surface area contributed by atoms with Crippen molar-refractivity contribution in [2.24, 2.45) is 0 Å². The van der Waals surface area contributed by atoms with Crippen molar-refractivity contribution in [1.29, 1.82) is 0 Å². The van der Waals surface area contributed by atoms with Crippen LogP contribution in [0.15, 0.2) is 42.5 Å². The molecule has 1 N–H and O–H groups in total. The Labute approximate surface area is 152 Å². The summed E-state index contributed by atoms with van der Waals surface area (Å²) in [5, 5.41) is 2.80. The van der Waals surface area contributed by atoms with Gasteiger partial charge in [0.1, 0.15) is 0 Å². The molecule has 0 unspecified atom stereocenters. The molecule has 4 nitrogen and oxygen atoms in total. The third-order valence-electron chi connectivity index (χ3n) is 4.29. The summed E-state index contributed by atoms with van der Waals surface area (Å²) in [6.07, 6.45) is 3.07. The van der Waals surface area contributed by atoms with Crippen LogP contribution < -0.4 is 5.32 Å². The number of carbonyl (C=O) groups excluding carboxylic acids is 3. The first-order valence-corrected chi connectivity index (χ1v) is 8.99. The number of benzene rings is 2. The Morgan fingerprint density at radius 3 is 2.24 bits per heavy atom. The summed E-state index contributed by atoms with van der Waals surface area (Å²) in [5.41, 5.74) is 1.83. The maximum absolute atomic E-state index is 12.8. The fourth-order valence-corrected chi connectivity index (χ4v) is 3.26. The minimum absolute atomic E-state index is 0.147. The molecule has 0 aromatic heterocycles. The lowest BCUT2D eigenvalue weighted by Gasteiger charge is -2.20. The molecule has 0 radical (unpaired) electrons. The monoisotopic (exact) mass is 353 g/mol. The van der Waals surface area contributed by atoms with Gasteiger partial charge in [-0.15, -0.1) is 0 Å². The first kappa shape index (κ1) is 17.4. The number of hydrogen-bond acceptors (Lipinski definition) is 4. The lowest BCUT2D eigenvalue weighted by molar-refractivity contribution is -0.116. The highest BCUT2D eigenvalue weighted by atomic mass is 32.1. The molecule has 5 heteroatoms. The summed E-state index contributed by atoms with van der Waals surface area (Å²) in [6, 6.07) is 11.8. The van der Waals surface area contributed by atoms with Gasteiger partial charge >= 0.3 is 0 Å². The number of rotatable bonds is 6. The van der Waals surface area contributed by atoms with Gasteiger partial charge in [0, 0.05) is 23.1 Å². The molecular formula is C20H19NO3S. The molecule has 0 atom stereocenters. The predicted molar refractivity (Wildman–Crippen MR) is 101 cm³/mol. The van der Waals surface area contributed by atoms with Crippen molar-refractivity contribution < 1.29 is 14.4 Å². The van der Waals surface area contributed by atoms with E-state index in [1.165, 1.54) is 0 Å². The SMILES string of the molecule is O=C(CCCCCS)Nc1cccc2c1C(=O)c1ccccc1C2=O. The van der Waals surface area contributed by atoms with Gasteiger partial charge in [-0.2, -0.15) is 12.6 Å². The first-order chi connectivity index (χ1) is 12.1. The molecule has 25 heavy (non-hydrogen) atoms. The van der Waals surface area contributed by atoms with Gasteiger partial charge < -0.3 is 5.32 Å². The van der Waals surface area contributed by atoms with Gasteiger partial charge in [0.15, 0.2) is 11.6 Å². The van der Waals surface area contributed by atoms with E-state index in [0.717, 1.165) is 25.0 Å². The van der Waals surface area contributed by atoms with E-state index in [2.05, 4.69) is 17.9 Å². The van der Waals surface area contributed by atoms with Crippen molar-refractivity contribution in [3.63, 3.8) is 0 Å². The number of ketones is 2. The molecule has 1 aliphatic rings. The molecule has 0 fully saturated rings. The van der Waals surface area contributed by atoms with E-state index >= 15 is 0 Å². The minimum Gasteiger partial charge on any atom is -0.325 e. The smallest absolute Gasteiger partial charge is 0.224 e. The van der Waals surface area contributed by atoms with Crippen LogP contribution in [-0.2, 0) is 4.79 Å². The third kappa shape index (κ3) is 3.51. The molecule has 2 aromatic rings. The normalized spacial score (nSPS) is 12.5. The van der Waals surface area contributed by atoms with E-state index in [1.807, 2.05) is 0 Å². The molecular weight excluding hydrogens is 334 g/mol. The van der Waals surface area contributed by atoms with Gasteiger partial charge in [0.25, 0.3) is 0 Å². The second-order valence-electron chi connectivity index (χ2n) is 6.01. The highest BCUT2D eigenvalue weighted by molar-refractivity contribution is 7.80. The van der Waals surface area contributed by atoms with Gasteiger partial charge in [-0.3, -0.25) is 14.4 Å². The van der Waals surface area contributed by atoms with E-state index < -0.39 is 0 Å². The summed E-state index contributed by atoms with van der Waals surface area (Å²) in [6.45, 7) is 0. The molecule has 0 spiro atoms. The standard InChI is InChI=1S/C20H19NO3S/c22-17(11-2-1-5-12-25)21-16-10-6-9-15-18(16)20(24)14-8-4-3-7-13(14)19(15)23/h3-4,6-10,25H,1-2,5,11-12H2,(H,21,22). The van der Waals surface area contributed by atoms with Crippen molar-refractivity contribution in [2.45, 2.75) is 25.7 Å². The van der Waals surface area contributed by atoms with Crippen LogP contribution in [0.3, 0.4) is 0 Å². The average molecular weight is 353 g/mol. The van der Waals surface area contributed by atoms with Crippen LogP contribution in [-0.4, -0.2) is 23.2 Å². The molecule has 0 saturated heterocycles.